The second kappa shape index (κ2) is 6.17. The van der Waals surface area contributed by atoms with Crippen molar-refractivity contribution in [3.8, 4) is 0 Å². The van der Waals surface area contributed by atoms with Crippen LogP contribution in [0.5, 0.6) is 0 Å². The van der Waals surface area contributed by atoms with Crippen LogP contribution in [-0.4, -0.2) is 0 Å². The molecule has 0 atom stereocenters. The standard InChI is InChI=1S/C16H18BrN/c1-12-4-3-5-14(8-12)10-18-11-15-7-6-13(2)16(17)9-15/h3-9,18H,10-11H2,1-2H3. The number of aryl methyl sites for hydroxylation is 2. The van der Waals surface area contributed by atoms with Crippen LogP contribution in [0.2, 0.25) is 0 Å². The average molecular weight is 304 g/mol. The topological polar surface area (TPSA) is 12.0 Å². The Morgan fingerprint density at radius 1 is 0.944 bits per heavy atom. The summed E-state index contributed by atoms with van der Waals surface area (Å²) in [5.74, 6) is 0. The third-order valence-corrected chi connectivity index (χ3v) is 3.83. The minimum absolute atomic E-state index is 0.896. The second-order valence-corrected chi connectivity index (χ2v) is 5.53. The molecule has 0 radical (unpaired) electrons. The molecular weight excluding hydrogens is 286 g/mol. The van der Waals surface area contributed by atoms with E-state index >= 15 is 0 Å². The minimum Gasteiger partial charge on any atom is -0.309 e. The summed E-state index contributed by atoms with van der Waals surface area (Å²) in [6, 6.07) is 15.1. The minimum atomic E-state index is 0.896. The van der Waals surface area contributed by atoms with Crippen LogP contribution in [0.3, 0.4) is 0 Å². The van der Waals surface area contributed by atoms with Crippen molar-refractivity contribution in [3.63, 3.8) is 0 Å². The predicted octanol–water partition coefficient (Wildman–Crippen LogP) is 4.36. The first kappa shape index (κ1) is 13.3. The van der Waals surface area contributed by atoms with E-state index < -0.39 is 0 Å². The van der Waals surface area contributed by atoms with Crippen LogP contribution in [-0.2, 0) is 13.1 Å². The van der Waals surface area contributed by atoms with Gasteiger partial charge in [0.05, 0.1) is 0 Å². The summed E-state index contributed by atoms with van der Waals surface area (Å²) >= 11 is 3.56. The van der Waals surface area contributed by atoms with E-state index in [2.05, 4.69) is 77.6 Å². The first-order chi connectivity index (χ1) is 8.65. The third kappa shape index (κ3) is 3.69. The van der Waals surface area contributed by atoms with E-state index in [9.17, 15) is 0 Å². The highest BCUT2D eigenvalue weighted by Crippen LogP contribution is 2.17. The van der Waals surface area contributed by atoms with E-state index in [1.165, 1.54) is 26.7 Å². The first-order valence-electron chi connectivity index (χ1n) is 6.16. The summed E-state index contributed by atoms with van der Waals surface area (Å²) < 4.78 is 1.18. The zero-order valence-electron chi connectivity index (χ0n) is 10.8. The average Bonchev–Trinajstić information content (AvgIpc) is 2.34. The number of halogens is 1. The molecule has 2 aromatic carbocycles. The van der Waals surface area contributed by atoms with Crippen LogP contribution < -0.4 is 5.32 Å². The van der Waals surface area contributed by atoms with Crippen molar-refractivity contribution < 1.29 is 0 Å². The highest BCUT2D eigenvalue weighted by molar-refractivity contribution is 9.10. The summed E-state index contributed by atoms with van der Waals surface area (Å²) in [5, 5.41) is 3.47. The van der Waals surface area contributed by atoms with Gasteiger partial charge in [-0.1, -0.05) is 57.9 Å². The van der Waals surface area contributed by atoms with Gasteiger partial charge in [-0.3, -0.25) is 0 Å². The Bertz CT molecular complexity index is 534. The van der Waals surface area contributed by atoms with Crippen LogP contribution in [0.4, 0.5) is 0 Å². The van der Waals surface area contributed by atoms with Crippen LogP contribution in [0.15, 0.2) is 46.9 Å². The normalized spacial score (nSPS) is 10.6. The number of hydrogen-bond donors (Lipinski definition) is 1. The molecule has 0 fully saturated rings. The molecule has 0 heterocycles. The van der Waals surface area contributed by atoms with Crippen molar-refractivity contribution in [2.45, 2.75) is 26.9 Å². The van der Waals surface area contributed by atoms with Gasteiger partial charge in [-0.25, -0.2) is 0 Å². The summed E-state index contributed by atoms with van der Waals surface area (Å²) in [7, 11) is 0. The maximum Gasteiger partial charge on any atom is 0.0209 e. The largest absolute Gasteiger partial charge is 0.309 e. The van der Waals surface area contributed by atoms with Crippen LogP contribution in [0.25, 0.3) is 0 Å². The van der Waals surface area contributed by atoms with Gasteiger partial charge >= 0.3 is 0 Å². The molecule has 2 rings (SSSR count). The lowest BCUT2D eigenvalue weighted by Gasteiger charge is -2.07. The summed E-state index contributed by atoms with van der Waals surface area (Å²) in [5.41, 5.74) is 5.23. The van der Waals surface area contributed by atoms with Gasteiger partial charge in [0, 0.05) is 17.6 Å². The lowest BCUT2D eigenvalue weighted by atomic mass is 10.1. The van der Waals surface area contributed by atoms with Crippen molar-refractivity contribution in [2.24, 2.45) is 0 Å². The molecule has 2 aromatic rings. The molecule has 1 N–H and O–H groups in total. The maximum atomic E-state index is 3.56. The molecule has 0 saturated heterocycles. The van der Waals surface area contributed by atoms with E-state index in [-0.39, 0.29) is 0 Å². The summed E-state index contributed by atoms with van der Waals surface area (Å²) in [6.07, 6.45) is 0. The molecule has 0 bridgehead atoms. The fourth-order valence-electron chi connectivity index (χ4n) is 1.92. The lowest BCUT2D eigenvalue weighted by Crippen LogP contribution is -2.12. The van der Waals surface area contributed by atoms with E-state index in [1.807, 2.05) is 0 Å². The zero-order valence-corrected chi connectivity index (χ0v) is 12.4. The molecular formula is C16H18BrN. The molecule has 18 heavy (non-hydrogen) atoms. The zero-order chi connectivity index (χ0) is 13.0. The second-order valence-electron chi connectivity index (χ2n) is 4.68. The molecule has 0 spiro atoms. The monoisotopic (exact) mass is 303 g/mol. The molecule has 0 unspecified atom stereocenters. The van der Waals surface area contributed by atoms with Gasteiger partial charge in [0.15, 0.2) is 0 Å². The van der Waals surface area contributed by atoms with Crippen molar-refractivity contribution in [1.29, 1.82) is 0 Å². The Morgan fingerprint density at radius 2 is 1.67 bits per heavy atom. The smallest absolute Gasteiger partial charge is 0.0209 e. The van der Waals surface area contributed by atoms with E-state index in [0.717, 1.165) is 13.1 Å². The fraction of sp³-hybridized carbons (Fsp3) is 0.250. The SMILES string of the molecule is Cc1cccc(CNCc2ccc(C)c(Br)c2)c1. The van der Waals surface area contributed by atoms with Crippen molar-refractivity contribution >= 4 is 15.9 Å². The molecule has 0 aliphatic heterocycles. The molecule has 0 aromatic heterocycles. The summed E-state index contributed by atoms with van der Waals surface area (Å²) in [4.78, 5) is 0. The van der Waals surface area contributed by atoms with Gasteiger partial charge in [0.2, 0.25) is 0 Å². The Labute approximate surface area is 117 Å². The van der Waals surface area contributed by atoms with Crippen LogP contribution >= 0.6 is 15.9 Å². The Balaban J connectivity index is 1.90. The number of nitrogens with one attached hydrogen (secondary N) is 1. The highest BCUT2D eigenvalue weighted by Gasteiger charge is 1.98. The highest BCUT2D eigenvalue weighted by atomic mass is 79.9. The molecule has 0 aliphatic carbocycles. The third-order valence-electron chi connectivity index (χ3n) is 2.98. The molecule has 94 valence electrons. The Morgan fingerprint density at radius 3 is 2.33 bits per heavy atom. The van der Waals surface area contributed by atoms with Gasteiger partial charge in [-0.15, -0.1) is 0 Å². The van der Waals surface area contributed by atoms with Gasteiger partial charge in [-0.2, -0.15) is 0 Å². The van der Waals surface area contributed by atoms with Gasteiger partial charge in [-0.05, 0) is 36.6 Å². The van der Waals surface area contributed by atoms with E-state index in [4.69, 9.17) is 0 Å². The van der Waals surface area contributed by atoms with Gasteiger partial charge in [0.1, 0.15) is 0 Å². The van der Waals surface area contributed by atoms with E-state index in [0.29, 0.717) is 0 Å². The number of benzene rings is 2. The predicted molar refractivity (Wildman–Crippen MR) is 80.6 cm³/mol. The molecule has 0 aliphatic rings. The Kier molecular flexibility index (Phi) is 4.56. The first-order valence-corrected chi connectivity index (χ1v) is 6.96. The van der Waals surface area contributed by atoms with Gasteiger partial charge in [0.25, 0.3) is 0 Å². The van der Waals surface area contributed by atoms with Crippen LogP contribution in [0.1, 0.15) is 22.3 Å². The fourth-order valence-corrected chi connectivity index (χ4v) is 2.35. The number of hydrogen-bond acceptors (Lipinski definition) is 1. The molecule has 0 saturated carbocycles. The molecule has 0 amide bonds. The van der Waals surface area contributed by atoms with Gasteiger partial charge < -0.3 is 5.32 Å². The lowest BCUT2D eigenvalue weighted by molar-refractivity contribution is 0.692. The van der Waals surface area contributed by atoms with Crippen molar-refractivity contribution in [2.75, 3.05) is 0 Å². The van der Waals surface area contributed by atoms with Crippen molar-refractivity contribution in [3.05, 3.63) is 69.2 Å². The van der Waals surface area contributed by atoms with Crippen LogP contribution in [0, 0.1) is 13.8 Å². The van der Waals surface area contributed by atoms with Crippen molar-refractivity contribution in [1.82, 2.24) is 5.32 Å². The quantitative estimate of drug-likeness (QED) is 0.885. The maximum absolute atomic E-state index is 3.56. The summed E-state index contributed by atoms with van der Waals surface area (Å²) in [6.45, 7) is 6.04. The number of rotatable bonds is 4. The molecule has 2 heteroatoms. The molecule has 1 nitrogen and oxygen atoms in total. The Hall–Kier alpha value is -1.12. The van der Waals surface area contributed by atoms with E-state index in [1.54, 1.807) is 0 Å².